The third-order valence-electron chi connectivity index (χ3n) is 3.59. The molecule has 2 aromatic heterocycles. The van der Waals surface area contributed by atoms with Crippen LogP contribution < -0.4 is 4.87 Å². The van der Waals surface area contributed by atoms with Crippen LogP contribution >= 0.6 is 11.3 Å². The van der Waals surface area contributed by atoms with Crippen LogP contribution in [0.1, 0.15) is 24.4 Å². The Labute approximate surface area is 138 Å². The van der Waals surface area contributed by atoms with Crippen molar-refractivity contribution in [1.82, 2.24) is 24.9 Å². The van der Waals surface area contributed by atoms with Crippen molar-refractivity contribution in [2.45, 2.75) is 33.0 Å². The summed E-state index contributed by atoms with van der Waals surface area (Å²) in [6.45, 7) is 5.68. The molecule has 0 aliphatic carbocycles. The monoisotopic (exact) mass is 329 g/mol. The second-order valence-corrected chi connectivity index (χ2v) is 6.68. The molecular weight excluding hydrogens is 310 g/mol. The molecule has 0 fully saturated rings. The first-order chi connectivity index (χ1) is 11.1. The van der Waals surface area contributed by atoms with Crippen LogP contribution in [0.2, 0.25) is 0 Å². The Hall–Kier alpha value is -2.25. The third kappa shape index (κ3) is 3.94. The average molecular weight is 329 g/mol. The van der Waals surface area contributed by atoms with Crippen LogP contribution in [0.3, 0.4) is 0 Å². The number of rotatable bonds is 6. The maximum atomic E-state index is 11.2. The Morgan fingerprint density at radius 2 is 2.04 bits per heavy atom. The van der Waals surface area contributed by atoms with Crippen molar-refractivity contribution < 1.29 is 0 Å². The Morgan fingerprint density at radius 1 is 1.26 bits per heavy atom. The van der Waals surface area contributed by atoms with E-state index in [0.29, 0.717) is 12.6 Å². The van der Waals surface area contributed by atoms with Crippen molar-refractivity contribution in [3.05, 3.63) is 63.0 Å². The highest BCUT2D eigenvalue weighted by Crippen LogP contribution is 2.14. The van der Waals surface area contributed by atoms with Crippen LogP contribution in [-0.4, -0.2) is 30.9 Å². The lowest BCUT2D eigenvalue weighted by Crippen LogP contribution is -2.29. The number of aromatic nitrogens is 4. The quantitative estimate of drug-likeness (QED) is 0.754. The van der Waals surface area contributed by atoms with Gasteiger partial charge in [0, 0.05) is 24.3 Å². The molecule has 7 heteroatoms. The molecule has 0 saturated heterocycles. The zero-order valence-corrected chi connectivity index (χ0v) is 14.0. The molecule has 120 valence electrons. The summed E-state index contributed by atoms with van der Waals surface area (Å²) in [4.78, 5) is 13.4. The molecule has 0 bridgehead atoms. The Kier molecular flexibility index (Phi) is 4.68. The van der Waals surface area contributed by atoms with E-state index >= 15 is 0 Å². The number of nitrogens with one attached hydrogen (secondary N) is 1. The number of nitrogens with zero attached hydrogens (tertiary/aromatic N) is 4. The topological polar surface area (TPSA) is 66.8 Å². The SMILES string of the molecule is CC(C)N(Cc1cnn(-c2ccccc2)c1)Cc1n[nH]c(=O)s1. The minimum atomic E-state index is -0.111. The number of aromatic amines is 1. The first kappa shape index (κ1) is 15.6. The van der Waals surface area contributed by atoms with Gasteiger partial charge in [0.1, 0.15) is 5.01 Å². The highest BCUT2D eigenvalue weighted by molar-refractivity contribution is 7.08. The molecule has 0 radical (unpaired) electrons. The third-order valence-corrected chi connectivity index (χ3v) is 4.33. The summed E-state index contributed by atoms with van der Waals surface area (Å²) >= 11 is 1.16. The normalized spacial score (nSPS) is 11.5. The van der Waals surface area contributed by atoms with E-state index in [-0.39, 0.29) is 4.87 Å². The fourth-order valence-electron chi connectivity index (χ4n) is 2.32. The highest BCUT2D eigenvalue weighted by atomic mass is 32.1. The molecule has 23 heavy (non-hydrogen) atoms. The van der Waals surface area contributed by atoms with Crippen LogP contribution in [0.15, 0.2) is 47.5 Å². The largest absolute Gasteiger partial charge is 0.322 e. The van der Waals surface area contributed by atoms with Gasteiger partial charge in [-0.25, -0.2) is 9.78 Å². The molecule has 0 unspecified atom stereocenters. The zero-order chi connectivity index (χ0) is 16.2. The summed E-state index contributed by atoms with van der Waals surface area (Å²) in [5, 5.41) is 11.8. The molecular formula is C16H19N5OS. The molecule has 1 aromatic carbocycles. The van der Waals surface area contributed by atoms with Gasteiger partial charge in [-0.1, -0.05) is 29.5 Å². The molecule has 0 atom stereocenters. The van der Waals surface area contributed by atoms with Crippen molar-refractivity contribution in [2.24, 2.45) is 0 Å². The molecule has 0 aliphatic rings. The smallest absolute Gasteiger partial charge is 0.290 e. The van der Waals surface area contributed by atoms with Crippen LogP contribution in [0, 0.1) is 0 Å². The lowest BCUT2D eigenvalue weighted by molar-refractivity contribution is 0.203. The van der Waals surface area contributed by atoms with Gasteiger partial charge in [0.2, 0.25) is 0 Å². The summed E-state index contributed by atoms with van der Waals surface area (Å²) in [5.74, 6) is 0. The summed E-state index contributed by atoms with van der Waals surface area (Å²) in [5.41, 5.74) is 2.17. The van der Waals surface area contributed by atoms with Crippen LogP contribution in [0.5, 0.6) is 0 Å². The second-order valence-electron chi connectivity index (χ2n) is 5.63. The Bertz CT molecular complexity index is 805. The fourth-order valence-corrected chi connectivity index (χ4v) is 2.95. The van der Waals surface area contributed by atoms with E-state index in [9.17, 15) is 4.79 Å². The molecule has 3 aromatic rings. The lowest BCUT2D eigenvalue weighted by Gasteiger charge is -2.24. The zero-order valence-electron chi connectivity index (χ0n) is 13.1. The number of para-hydroxylation sites is 1. The standard InChI is InChI=1S/C16H19N5OS/c1-12(2)20(11-15-18-19-16(22)23-15)9-13-8-17-21(10-13)14-6-4-3-5-7-14/h3-8,10,12H,9,11H2,1-2H3,(H,19,22). The van der Waals surface area contributed by atoms with Gasteiger partial charge in [-0.05, 0) is 26.0 Å². The van der Waals surface area contributed by atoms with E-state index in [2.05, 4.69) is 34.0 Å². The van der Waals surface area contributed by atoms with E-state index in [4.69, 9.17) is 0 Å². The van der Waals surface area contributed by atoms with E-state index in [1.807, 2.05) is 47.4 Å². The van der Waals surface area contributed by atoms with E-state index < -0.39 is 0 Å². The van der Waals surface area contributed by atoms with Crippen molar-refractivity contribution in [3.8, 4) is 5.69 Å². The van der Waals surface area contributed by atoms with Crippen molar-refractivity contribution in [3.63, 3.8) is 0 Å². The number of hydrogen-bond acceptors (Lipinski definition) is 5. The maximum absolute atomic E-state index is 11.2. The van der Waals surface area contributed by atoms with Gasteiger partial charge in [-0.15, -0.1) is 0 Å². The van der Waals surface area contributed by atoms with Crippen LogP contribution in [0.4, 0.5) is 0 Å². The van der Waals surface area contributed by atoms with Gasteiger partial charge in [-0.2, -0.15) is 10.2 Å². The first-order valence-electron chi connectivity index (χ1n) is 7.49. The molecule has 0 amide bonds. The summed E-state index contributed by atoms with van der Waals surface area (Å²) < 4.78 is 1.88. The Morgan fingerprint density at radius 3 is 2.70 bits per heavy atom. The van der Waals surface area contributed by atoms with Crippen molar-refractivity contribution in [1.29, 1.82) is 0 Å². The molecule has 0 spiro atoms. The number of hydrogen-bond donors (Lipinski definition) is 1. The van der Waals surface area contributed by atoms with Gasteiger partial charge in [0.25, 0.3) is 0 Å². The van der Waals surface area contributed by atoms with Gasteiger partial charge in [0.05, 0.1) is 18.4 Å². The van der Waals surface area contributed by atoms with Gasteiger partial charge < -0.3 is 0 Å². The Balaban J connectivity index is 1.73. The number of benzene rings is 1. The summed E-state index contributed by atoms with van der Waals surface area (Å²) in [7, 11) is 0. The summed E-state index contributed by atoms with van der Waals surface area (Å²) in [6, 6.07) is 10.4. The van der Waals surface area contributed by atoms with Gasteiger partial charge >= 0.3 is 4.87 Å². The van der Waals surface area contributed by atoms with E-state index in [1.165, 1.54) is 0 Å². The van der Waals surface area contributed by atoms with Crippen molar-refractivity contribution >= 4 is 11.3 Å². The van der Waals surface area contributed by atoms with Crippen LogP contribution in [0.25, 0.3) is 5.69 Å². The summed E-state index contributed by atoms with van der Waals surface area (Å²) in [6.07, 6.45) is 3.92. The molecule has 0 saturated carbocycles. The van der Waals surface area contributed by atoms with Gasteiger partial charge in [0.15, 0.2) is 0 Å². The lowest BCUT2D eigenvalue weighted by atomic mass is 10.2. The second kappa shape index (κ2) is 6.89. The molecule has 1 N–H and O–H groups in total. The first-order valence-corrected chi connectivity index (χ1v) is 8.31. The fraction of sp³-hybridized carbons (Fsp3) is 0.312. The highest BCUT2D eigenvalue weighted by Gasteiger charge is 2.14. The van der Waals surface area contributed by atoms with Gasteiger partial charge in [-0.3, -0.25) is 9.69 Å². The minimum absolute atomic E-state index is 0.111. The predicted octanol–water partition coefficient (Wildman–Crippen LogP) is 2.43. The van der Waals surface area contributed by atoms with E-state index in [0.717, 1.165) is 34.1 Å². The molecule has 2 heterocycles. The minimum Gasteiger partial charge on any atom is -0.290 e. The van der Waals surface area contributed by atoms with Crippen LogP contribution in [-0.2, 0) is 13.1 Å². The number of H-pyrrole nitrogens is 1. The van der Waals surface area contributed by atoms with E-state index in [1.54, 1.807) is 0 Å². The van der Waals surface area contributed by atoms with Crippen molar-refractivity contribution in [2.75, 3.05) is 0 Å². The molecule has 0 aliphatic heterocycles. The maximum Gasteiger partial charge on any atom is 0.322 e. The molecule has 3 rings (SSSR count). The predicted molar refractivity (Wildman–Crippen MR) is 90.7 cm³/mol. The average Bonchev–Trinajstić information content (AvgIpc) is 3.17. The molecule has 6 nitrogen and oxygen atoms in total.